The molecular formula is C41H56N6O6. The van der Waals surface area contributed by atoms with Gasteiger partial charge in [0.2, 0.25) is 0 Å². The Balaban J connectivity index is 0.000000158. The van der Waals surface area contributed by atoms with Gasteiger partial charge in [-0.2, -0.15) is 0 Å². The Morgan fingerprint density at radius 3 is 1.62 bits per heavy atom. The van der Waals surface area contributed by atoms with Crippen LogP contribution in [0.3, 0.4) is 0 Å². The van der Waals surface area contributed by atoms with Crippen molar-refractivity contribution in [3.05, 3.63) is 58.7 Å². The minimum atomic E-state index is -0.798. The first-order valence-electron chi connectivity index (χ1n) is 18.6. The number of rotatable bonds is 1. The molecule has 4 aliphatic heterocycles. The van der Waals surface area contributed by atoms with E-state index in [1.807, 2.05) is 18.2 Å². The van der Waals surface area contributed by atoms with Crippen LogP contribution in [0.1, 0.15) is 88.5 Å². The average Bonchev–Trinajstić information content (AvgIpc) is 3.54. The predicted octanol–water partition coefficient (Wildman–Crippen LogP) is 4.11. The monoisotopic (exact) mass is 728 g/mol. The molecule has 4 saturated heterocycles. The Hall–Kier alpha value is -4.16. The number of likely N-dealkylation sites (N-methyl/N-ethyl adjacent to an activating group) is 2. The van der Waals surface area contributed by atoms with Crippen molar-refractivity contribution < 1.29 is 29.0 Å². The minimum Gasteiger partial charge on any atom is -0.508 e. The summed E-state index contributed by atoms with van der Waals surface area (Å²) in [6.07, 6.45) is 8.60. The van der Waals surface area contributed by atoms with Crippen molar-refractivity contribution in [3.8, 4) is 11.5 Å². The maximum atomic E-state index is 12.7. The van der Waals surface area contributed by atoms with Crippen molar-refractivity contribution in [1.82, 2.24) is 31.1 Å². The molecule has 4 bridgehead atoms. The lowest BCUT2D eigenvalue weighted by atomic mass is 9.49. The summed E-state index contributed by atoms with van der Waals surface area (Å²) in [4.78, 5) is 53.9. The Morgan fingerprint density at radius 2 is 1.17 bits per heavy atom. The smallest absolute Gasteiger partial charge is 0.322 e. The van der Waals surface area contributed by atoms with Crippen LogP contribution in [0.25, 0.3) is 0 Å². The number of likely N-dealkylation sites (tertiary alicyclic amines) is 2. The molecule has 8 aliphatic rings. The molecule has 6 fully saturated rings. The molecule has 12 nitrogen and oxygen atoms in total. The maximum absolute atomic E-state index is 12.7. The zero-order valence-electron chi connectivity index (χ0n) is 29.6. The van der Waals surface area contributed by atoms with Crippen LogP contribution in [0.4, 0.5) is 9.59 Å². The van der Waals surface area contributed by atoms with Gasteiger partial charge < -0.3 is 30.3 Å². The molecule has 10 rings (SSSR count). The molecule has 286 valence electrons. The topological polar surface area (TPSA) is 152 Å². The first-order chi connectivity index (χ1) is 24.4. The van der Waals surface area contributed by atoms with Crippen LogP contribution in [0, 0.1) is 11.8 Å². The van der Waals surface area contributed by atoms with Crippen molar-refractivity contribution in [2.45, 2.75) is 113 Å². The lowest BCUT2D eigenvalue weighted by Crippen LogP contribution is -2.66. The molecule has 8 atom stereocenters. The minimum absolute atomic E-state index is 0. The van der Waals surface area contributed by atoms with Gasteiger partial charge in [0.05, 0.1) is 7.11 Å². The van der Waals surface area contributed by atoms with Gasteiger partial charge >= 0.3 is 12.1 Å². The van der Waals surface area contributed by atoms with E-state index in [-0.39, 0.29) is 55.3 Å². The second-order valence-electron chi connectivity index (χ2n) is 16.8. The van der Waals surface area contributed by atoms with E-state index < -0.39 is 11.1 Å². The number of fused-ring (bicyclic) bond motifs is 2. The molecular weight excluding hydrogens is 672 g/mol. The highest BCUT2D eigenvalue weighted by molar-refractivity contribution is 6.08. The third-order valence-electron chi connectivity index (χ3n) is 14.7. The highest BCUT2D eigenvalue weighted by Crippen LogP contribution is 2.60. The van der Waals surface area contributed by atoms with E-state index >= 15 is 0 Å². The number of carbonyl (C=O) groups excluding carboxylic acids is 4. The van der Waals surface area contributed by atoms with Gasteiger partial charge in [-0.25, -0.2) is 9.59 Å². The molecule has 2 saturated carbocycles. The molecule has 12 heteroatoms. The molecule has 4 aliphatic carbocycles. The average molecular weight is 729 g/mol. The number of hydrogen-bond donors (Lipinski definition) is 5. The number of benzene rings is 2. The fourth-order valence-corrected chi connectivity index (χ4v) is 12.3. The number of nitrogens with one attached hydrogen (secondary N) is 4. The summed E-state index contributed by atoms with van der Waals surface area (Å²) in [6.45, 7) is 1.99. The Bertz CT molecular complexity index is 1870. The van der Waals surface area contributed by atoms with Gasteiger partial charge in [0, 0.05) is 22.9 Å². The number of ether oxygens (including phenoxy) is 1. The van der Waals surface area contributed by atoms with Crippen molar-refractivity contribution in [1.29, 1.82) is 0 Å². The van der Waals surface area contributed by atoms with E-state index in [0.717, 1.165) is 63.8 Å². The van der Waals surface area contributed by atoms with E-state index in [9.17, 15) is 24.3 Å². The van der Waals surface area contributed by atoms with Crippen LogP contribution in [-0.4, -0.2) is 96.2 Å². The molecule has 0 aromatic heterocycles. The molecule has 4 heterocycles. The number of imide groups is 2. The van der Waals surface area contributed by atoms with Gasteiger partial charge in [-0.3, -0.25) is 20.2 Å². The Morgan fingerprint density at radius 1 is 0.698 bits per heavy atom. The zero-order chi connectivity index (χ0) is 35.5. The lowest BCUT2D eigenvalue weighted by Gasteiger charge is -2.61. The number of methoxy groups -OCH3 is 1. The van der Waals surface area contributed by atoms with Crippen LogP contribution in [-0.2, 0) is 33.3 Å². The van der Waals surface area contributed by atoms with Crippen LogP contribution in [0.2, 0.25) is 0 Å². The van der Waals surface area contributed by atoms with E-state index in [2.05, 4.69) is 57.3 Å². The number of piperidine rings is 2. The SMILES string of the molecule is C.C.CN1CC[C@]23C[C@]4(CC[C@H]2[C@H]1Cc1ccc(O)cc13)NC(=O)NC4=O.COc1ccc2c(c1)[C@]13CCN(C)[C@H](C2)[C@@H]1CC[C@@]1(C3)NC(=O)NC1=O. The highest BCUT2D eigenvalue weighted by Gasteiger charge is 2.63. The quantitative estimate of drug-likeness (QED) is 0.276. The van der Waals surface area contributed by atoms with E-state index in [4.69, 9.17) is 4.74 Å². The Labute approximate surface area is 312 Å². The molecule has 5 N–H and O–H groups in total. The second-order valence-corrected chi connectivity index (χ2v) is 16.8. The predicted molar refractivity (Wildman–Crippen MR) is 201 cm³/mol. The van der Waals surface area contributed by atoms with Crippen molar-refractivity contribution in [2.75, 3.05) is 34.3 Å². The largest absolute Gasteiger partial charge is 0.508 e. The summed E-state index contributed by atoms with van der Waals surface area (Å²) in [7, 11) is 6.11. The number of nitrogens with zero attached hydrogens (tertiary/aromatic N) is 2. The molecule has 2 aromatic carbocycles. The number of carbonyl (C=O) groups is 4. The first-order valence-corrected chi connectivity index (χ1v) is 18.6. The molecule has 53 heavy (non-hydrogen) atoms. The molecule has 2 spiro atoms. The van der Waals surface area contributed by atoms with Gasteiger partial charge in [0.25, 0.3) is 11.8 Å². The summed E-state index contributed by atoms with van der Waals surface area (Å²) >= 11 is 0. The van der Waals surface area contributed by atoms with Crippen LogP contribution in [0.5, 0.6) is 11.5 Å². The second kappa shape index (κ2) is 12.7. The highest BCUT2D eigenvalue weighted by atomic mass is 16.5. The van der Waals surface area contributed by atoms with E-state index in [1.54, 1.807) is 13.2 Å². The summed E-state index contributed by atoms with van der Waals surface area (Å²) in [5.74, 6) is 1.78. The molecule has 0 unspecified atom stereocenters. The summed E-state index contributed by atoms with van der Waals surface area (Å²) in [6, 6.07) is 12.3. The standard InChI is InChI=1S/C20H25N3O3.C19H23N3O3.2CH4/c1-23-8-7-19-11-20(17(24)21-18(25)22-20)6-5-14(19)16(23)9-12-3-4-13(26-2)10-15(12)19;1-22-7-6-18-10-19(16(24)20-17(25)21-19)5-4-13(18)15(22)8-11-2-3-12(23)9-14(11)18;;/h3-4,10,14,16H,5-9,11H2,1-2H3,(H2,21,22,24,25);2-3,9,13,15,23H,4-8,10H2,1H3,(H2,20,21,24,25);2*1H4/t14-,16+,19-,20-;13-,15+,18-,19-;;/m00../s1. The van der Waals surface area contributed by atoms with Gasteiger partial charge in [-0.05, 0) is 150 Å². The molecule has 0 radical (unpaired) electrons. The number of hydrogen-bond acceptors (Lipinski definition) is 8. The lowest BCUT2D eigenvalue weighted by molar-refractivity contribution is -0.129. The van der Waals surface area contributed by atoms with Crippen LogP contribution >= 0.6 is 0 Å². The summed E-state index contributed by atoms with van der Waals surface area (Å²) in [5.41, 5.74) is 3.37. The molecule has 2 aromatic rings. The van der Waals surface area contributed by atoms with Crippen molar-refractivity contribution >= 4 is 23.9 Å². The zero-order valence-corrected chi connectivity index (χ0v) is 29.6. The fourth-order valence-electron chi connectivity index (χ4n) is 12.3. The number of phenols is 1. The number of urea groups is 2. The van der Waals surface area contributed by atoms with Gasteiger partial charge in [-0.1, -0.05) is 27.0 Å². The first kappa shape index (κ1) is 37.2. The van der Waals surface area contributed by atoms with Crippen LogP contribution < -0.4 is 26.0 Å². The van der Waals surface area contributed by atoms with Crippen molar-refractivity contribution in [2.24, 2.45) is 11.8 Å². The van der Waals surface area contributed by atoms with Gasteiger partial charge in [0.1, 0.15) is 22.6 Å². The third-order valence-corrected chi connectivity index (χ3v) is 14.7. The maximum Gasteiger partial charge on any atom is 0.322 e. The number of amides is 6. The van der Waals surface area contributed by atoms with Gasteiger partial charge in [0.15, 0.2) is 0 Å². The van der Waals surface area contributed by atoms with E-state index in [0.29, 0.717) is 43.2 Å². The summed E-state index contributed by atoms with van der Waals surface area (Å²) < 4.78 is 5.51. The third kappa shape index (κ3) is 5.29. The van der Waals surface area contributed by atoms with Crippen LogP contribution in [0.15, 0.2) is 36.4 Å². The fraction of sp³-hybridized carbons (Fsp3) is 0.610. The normalized spacial score (nSPS) is 37.5. The van der Waals surface area contributed by atoms with Gasteiger partial charge in [-0.15, -0.1) is 0 Å². The number of phenolic OH excluding ortho intramolecular Hbond substituents is 1. The summed E-state index contributed by atoms with van der Waals surface area (Å²) in [5, 5.41) is 20.9. The molecule has 6 amide bonds. The number of aromatic hydroxyl groups is 1. The van der Waals surface area contributed by atoms with Crippen molar-refractivity contribution in [3.63, 3.8) is 0 Å². The Kier molecular flexibility index (Phi) is 8.92. The van der Waals surface area contributed by atoms with E-state index in [1.165, 1.54) is 22.3 Å².